The molecule has 3 rings (SSSR count). The summed E-state index contributed by atoms with van der Waals surface area (Å²) in [5.41, 5.74) is 2.19. The average Bonchev–Trinajstić information content (AvgIpc) is 3.07. The molecule has 1 atom stereocenters. The number of carbonyl (C=O) groups excluding carboxylic acids is 3. The van der Waals surface area contributed by atoms with E-state index in [1.807, 2.05) is 12.1 Å². The van der Waals surface area contributed by atoms with E-state index in [-0.39, 0.29) is 24.1 Å². The number of benzene rings is 2. The van der Waals surface area contributed by atoms with Crippen molar-refractivity contribution in [1.29, 1.82) is 0 Å². The lowest BCUT2D eigenvalue weighted by molar-refractivity contribution is -0.126. The third-order valence-corrected chi connectivity index (χ3v) is 4.92. The van der Waals surface area contributed by atoms with Crippen molar-refractivity contribution in [2.75, 3.05) is 25.5 Å². The number of nitrogens with zero attached hydrogens (tertiary/aromatic N) is 2. The van der Waals surface area contributed by atoms with Crippen LogP contribution in [0.4, 0.5) is 5.69 Å². The number of anilines is 1. The van der Waals surface area contributed by atoms with Gasteiger partial charge in [-0.05, 0) is 35.9 Å². The van der Waals surface area contributed by atoms with E-state index in [2.05, 4.69) is 5.32 Å². The van der Waals surface area contributed by atoms with Gasteiger partial charge in [0, 0.05) is 49.9 Å². The highest BCUT2D eigenvalue weighted by Gasteiger charge is 2.35. The quantitative estimate of drug-likeness (QED) is 0.840. The Morgan fingerprint density at radius 1 is 1.18 bits per heavy atom. The zero-order valence-electron chi connectivity index (χ0n) is 15.8. The summed E-state index contributed by atoms with van der Waals surface area (Å²) in [5, 5.41) is 3.43. The molecule has 2 aromatic rings. The number of hydrogen-bond donors (Lipinski definition) is 1. The van der Waals surface area contributed by atoms with Crippen LogP contribution in [0.3, 0.4) is 0 Å². The number of amides is 3. The molecular formula is C21H22ClN3O3. The van der Waals surface area contributed by atoms with E-state index in [1.165, 1.54) is 4.90 Å². The molecule has 1 unspecified atom stereocenters. The van der Waals surface area contributed by atoms with Gasteiger partial charge in [-0.25, -0.2) is 0 Å². The van der Waals surface area contributed by atoms with Gasteiger partial charge in [0.2, 0.25) is 11.8 Å². The predicted molar refractivity (Wildman–Crippen MR) is 108 cm³/mol. The number of hydrogen-bond acceptors (Lipinski definition) is 3. The van der Waals surface area contributed by atoms with Crippen molar-refractivity contribution in [2.24, 2.45) is 5.92 Å². The predicted octanol–water partition coefficient (Wildman–Crippen LogP) is 2.71. The lowest BCUT2D eigenvalue weighted by Crippen LogP contribution is -2.32. The summed E-state index contributed by atoms with van der Waals surface area (Å²) in [5.74, 6) is -0.720. The van der Waals surface area contributed by atoms with Gasteiger partial charge in [0.05, 0.1) is 5.92 Å². The molecule has 0 bridgehead atoms. The monoisotopic (exact) mass is 399 g/mol. The second kappa shape index (κ2) is 8.44. The molecule has 7 heteroatoms. The van der Waals surface area contributed by atoms with E-state index < -0.39 is 5.92 Å². The molecule has 1 saturated heterocycles. The second-order valence-electron chi connectivity index (χ2n) is 7.00. The summed E-state index contributed by atoms with van der Waals surface area (Å²) in [4.78, 5) is 39.8. The first-order valence-electron chi connectivity index (χ1n) is 8.99. The Balaban J connectivity index is 1.57. The summed E-state index contributed by atoms with van der Waals surface area (Å²) < 4.78 is 0. The maximum Gasteiger partial charge on any atom is 0.253 e. The van der Waals surface area contributed by atoms with Crippen LogP contribution in [-0.4, -0.2) is 43.3 Å². The van der Waals surface area contributed by atoms with Crippen molar-refractivity contribution in [3.05, 3.63) is 64.7 Å². The lowest BCUT2D eigenvalue weighted by atomic mass is 10.1. The van der Waals surface area contributed by atoms with E-state index in [4.69, 9.17) is 11.6 Å². The summed E-state index contributed by atoms with van der Waals surface area (Å²) in [6, 6.07) is 14.2. The topological polar surface area (TPSA) is 69.7 Å². The molecule has 0 aromatic heterocycles. The molecule has 6 nitrogen and oxygen atoms in total. The van der Waals surface area contributed by atoms with Crippen LogP contribution in [-0.2, 0) is 16.1 Å². The molecule has 1 aliphatic heterocycles. The molecule has 0 radical (unpaired) electrons. The van der Waals surface area contributed by atoms with Crippen LogP contribution in [0.25, 0.3) is 0 Å². The first-order chi connectivity index (χ1) is 13.3. The number of carbonyl (C=O) groups is 3. The average molecular weight is 400 g/mol. The summed E-state index contributed by atoms with van der Waals surface area (Å²) in [7, 11) is 3.40. The van der Waals surface area contributed by atoms with Crippen LogP contribution in [0.5, 0.6) is 0 Å². The maximum absolute atomic E-state index is 12.5. The van der Waals surface area contributed by atoms with Crippen molar-refractivity contribution >= 4 is 35.0 Å². The molecule has 0 saturated carbocycles. The van der Waals surface area contributed by atoms with Gasteiger partial charge in [-0.2, -0.15) is 0 Å². The van der Waals surface area contributed by atoms with Crippen LogP contribution in [0.1, 0.15) is 22.3 Å². The molecule has 1 heterocycles. The minimum atomic E-state index is -0.402. The Morgan fingerprint density at radius 3 is 2.54 bits per heavy atom. The van der Waals surface area contributed by atoms with Gasteiger partial charge in [-0.3, -0.25) is 14.4 Å². The maximum atomic E-state index is 12.5. The van der Waals surface area contributed by atoms with E-state index in [1.54, 1.807) is 55.4 Å². The zero-order valence-corrected chi connectivity index (χ0v) is 16.6. The molecule has 0 spiro atoms. The Labute approximate surface area is 169 Å². The highest BCUT2D eigenvalue weighted by molar-refractivity contribution is 6.31. The van der Waals surface area contributed by atoms with Gasteiger partial charge in [0.15, 0.2) is 0 Å². The van der Waals surface area contributed by atoms with Gasteiger partial charge in [0.25, 0.3) is 5.91 Å². The number of nitrogens with one attached hydrogen (secondary N) is 1. The summed E-state index contributed by atoms with van der Waals surface area (Å²) >= 11 is 5.99. The van der Waals surface area contributed by atoms with E-state index in [0.717, 1.165) is 5.56 Å². The Hall–Kier alpha value is -2.86. The van der Waals surface area contributed by atoms with Gasteiger partial charge < -0.3 is 15.1 Å². The van der Waals surface area contributed by atoms with Gasteiger partial charge in [-0.1, -0.05) is 29.8 Å². The van der Waals surface area contributed by atoms with Crippen LogP contribution in [0, 0.1) is 5.92 Å². The van der Waals surface area contributed by atoms with Crippen LogP contribution < -0.4 is 10.2 Å². The first kappa shape index (κ1) is 19.9. The largest absolute Gasteiger partial charge is 0.352 e. The van der Waals surface area contributed by atoms with Crippen molar-refractivity contribution in [2.45, 2.75) is 13.0 Å². The highest BCUT2D eigenvalue weighted by Crippen LogP contribution is 2.27. The molecule has 2 aromatic carbocycles. The van der Waals surface area contributed by atoms with Crippen molar-refractivity contribution in [3.8, 4) is 0 Å². The Bertz CT molecular complexity index is 896. The van der Waals surface area contributed by atoms with E-state index in [9.17, 15) is 14.4 Å². The fourth-order valence-corrected chi connectivity index (χ4v) is 3.32. The van der Waals surface area contributed by atoms with Crippen LogP contribution >= 0.6 is 11.6 Å². The van der Waals surface area contributed by atoms with Crippen molar-refractivity contribution in [3.63, 3.8) is 0 Å². The highest BCUT2D eigenvalue weighted by atomic mass is 35.5. The minimum absolute atomic E-state index is 0.0684. The lowest BCUT2D eigenvalue weighted by Gasteiger charge is -2.17. The normalized spacial score (nSPS) is 16.2. The fraction of sp³-hybridized carbons (Fsp3) is 0.286. The molecule has 146 valence electrons. The fourth-order valence-electron chi connectivity index (χ4n) is 3.13. The SMILES string of the molecule is CN(C)C(=O)c1ccc(CNC(=O)C2CC(=O)N(c3cccc(Cl)c3)C2)cc1. The van der Waals surface area contributed by atoms with Crippen LogP contribution in [0.2, 0.25) is 5.02 Å². The molecule has 1 aliphatic rings. The standard InChI is InChI=1S/C21H22ClN3O3/c1-24(2)21(28)15-8-6-14(7-9-15)12-23-20(27)16-10-19(26)25(13-16)18-5-3-4-17(22)11-18/h3-9,11,16H,10,12-13H2,1-2H3,(H,23,27). The molecule has 1 N–H and O–H groups in total. The molecule has 1 fully saturated rings. The Kier molecular flexibility index (Phi) is 5.99. The third-order valence-electron chi connectivity index (χ3n) is 4.69. The second-order valence-corrected chi connectivity index (χ2v) is 7.44. The van der Waals surface area contributed by atoms with Crippen molar-refractivity contribution in [1.82, 2.24) is 10.2 Å². The molecular weight excluding hydrogens is 378 g/mol. The van der Waals surface area contributed by atoms with E-state index in [0.29, 0.717) is 29.4 Å². The zero-order chi connectivity index (χ0) is 20.3. The minimum Gasteiger partial charge on any atom is -0.352 e. The summed E-state index contributed by atoms with van der Waals surface area (Å²) in [6.45, 7) is 0.679. The third kappa shape index (κ3) is 4.51. The molecule has 0 aliphatic carbocycles. The van der Waals surface area contributed by atoms with E-state index >= 15 is 0 Å². The Morgan fingerprint density at radius 2 is 1.89 bits per heavy atom. The smallest absolute Gasteiger partial charge is 0.253 e. The molecule has 28 heavy (non-hydrogen) atoms. The first-order valence-corrected chi connectivity index (χ1v) is 9.37. The van der Waals surface area contributed by atoms with Gasteiger partial charge in [0.1, 0.15) is 0 Å². The van der Waals surface area contributed by atoms with Gasteiger partial charge in [-0.15, -0.1) is 0 Å². The number of halogens is 1. The number of rotatable bonds is 5. The summed E-state index contributed by atoms with van der Waals surface area (Å²) in [6.07, 6.45) is 0.175. The molecule has 3 amide bonds. The van der Waals surface area contributed by atoms with Crippen LogP contribution in [0.15, 0.2) is 48.5 Å². The van der Waals surface area contributed by atoms with Gasteiger partial charge >= 0.3 is 0 Å². The van der Waals surface area contributed by atoms with Crippen molar-refractivity contribution < 1.29 is 14.4 Å².